The van der Waals surface area contributed by atoms with E-state index in [-0.39, 0.29) is 11.6 Å². The van der Waals surface area contributed by atoms with Crippen LogP contribution in [0.1, 0.15) is 11.1 Å². The van der Waals surface area contributed by atoms with Crippen LogP contribution < -0.4 is 4.74 Å². The highest BCUT2D eigenvalue weighted by atomic mass is 79.9. The molecule has 0 unspecified atom stereocenters. The number of hydrogen-bond donors (Lipinski definition) is 0. The summed E-state index contributed by atoms with van der Waals surface area (Å²) < 4.78 is 11.2. The Labute approximate surface area is 146 Å². The summed E-state index contributed by atoms with van der Waals surface area (Å²) in [6, 6.07) is 12.5. The Morgan fingerprint density at radius 2 is 2.09 bits per heavy atom. The summed E-state index contributed by atoms with van der Waals surface area (Å²) in [5, 5.41) is 0.553. The van der Waals surface area contributed by atoms with Crippen molar-refractivity contribution in [2.75, 3.05) is 7.11 Å². The van der Waals surface area contributed by atoms with Gasteiger partial charge in [-0.1, -0.05) is 23.7 Å². The number of nitrogens with zero attached hydrogens (tertiary/aromatic N) is 1. The van der Waals surface area contributed by atoms with E-state index < -0.39 is 5.97 Å². The van der Waals surface area contributed by atoms with E-state index in [1.165, 1.54) is 0 Å². The summed E-state index contributed by atoms with van der Waals surface area (Å²) in [6.07, 6.45) is 1.66. The van der Waals surface area contributed by atoms with Crippen LogP contribution in [0.25, 0.3) is 6.08 Å². The normalized spacial score (nSPS) is 15.5. The van der Waals surface area contributed by atoms with E-state index in [1.54, 1.807) is 43.5 Å². The molecule has 1 heterocycles. The number of halogens is 2. The number of rotatable bonds is 3. The number of hydrogen-bond acceptors (Lipinski definition) is 4. The Kier molecular flexibility index (Phi) is 4.50. The zero-order valence-electron chi connectivity index (χ0n) is 12.0. The molecule has 0 atom stereocenters. The van der Waals surface area contributed by atoms with Gasteiger partial charge in [-0.2, -0.15) is 0 Å². The average Bonchev–Trinajstić information content (AvgIpc) is 2.89. The lowest BCUT2D eigenvalue weighted by Gasteiger charge is -2.03. The van der Waals surface area contributed by atoms with Gasteiger partial charge in [-0.3, -0.25) is 0 Å². The first kappa shape index (κ1) is 15.8. The van der Waals surface area contributed by atoms with E-state index in [1.807, 2.05) is 12.1 Å². The maximum atomic E-state index is 12.0. The summed E-state index contributed by atoms with van der Waals surface area (Å²) in [7, 11) is 1.59. The largest absolute Gasteiger partial charge is 0.496 e. The average molecular weight is 393 g/mol. The van der Waals surface area contributed by atoms with Crippen molar-refractivity contribution in [2.45, 2.75) is 0 Å². The number of methoxy groups -OCH3 is 1. The van der Waals surface area contributed by atoms with E-state index in [4.69, 9.17) is 21.1 Å². The van der Waals surface area contributed by atoms with Gasteiger partial charge < -0.3 is 9.47 Å². The van der Waals surface area contributed by atoms with E-state index in [2.05, 4.69) is 20.9 Å². The maximum Gasteiger partial charge on any atom is 0.363 e. The number of ether oxygens (including phenoxy) is 2. The van der Waals surface area contributed by atoms with Crippen molar-refractivity contribution in [3.8, 4) is 5.75 Å². The van der Waals surface area contributed by atoms with Crippen molar-refractivity contribution in [3.05, 3.63) is 68.8 Å². The van der Waals surface area contributed by atoms with Crippen LogP contribution in [0.2, 0.25) is 5.02 Å². The van der Waals surface area contributed by atoms with Gasteiger partial charge in [0.15, 0.2) is 5.70 Å². The molecule has 0 fully saturated rings. The van der Waals surface area contributed by atoms with Gasteiger partial charge in [0.05, 0.1) is 11.6 Å². The molecule has 116 valence electrons. The first-order valence-corrected chi connectivity index (χ1v) is 7.86. The predicted molar refractivity (Wildman–Crippen MR) is 92.8 cm³/mol. The fraction of sp³-hybridized carbons (Fsp3) is 0.0588. The molecule has 1 aliphatic heterocycles. The van der Waals surface area contributed by atoms with E-state index in [9.17, 15) is 4.79 Å². The third kappa shape index (κ3) is 3.46. The Morgan fingerprint density at radius 1 is 1.26 bits per heavy atom. The number of carbonyl (C=O) groups is 1. The number of aliphatic imine (C=N–C) groups is 1. The molecule has 2 aromatic rings. The predicted octanol–water partition coefficient (Wildman–Crippen LogP) is 4.46. The van der Waals surface area contributed by atoms with E-state index in [0.717, 1.165) is 10.0 Å². The highest BCUT2D eigenvalue weighted by molar-refractivity contribution is 9.10. The standard InChI is InChI=1S/C17H11BrClNO3/c1-22-15-6-5-10(7-13(15)18)8-14-17(21)23-16(20-14)11-3-2-4-12(19)9-11/h2-9H,1H3/b14-8+. The molecule has 0 bridgehead atoms. The lowest BCUT2D eigenvalue weighted by atomic mass is 10.2. The minimum atomic E-state index is -0.494. The van der Waals surface area contributed by atoms with Gasteiger partial charge in [0.1, 0.15) is 5.75 Å². The fourth-order valence-corrected chi connectivity index (χ4v) is 2.83. The Bertz CT molecular complexity index is 845. The molecule has 3 rings (SSSR count). The van der Waals surface area contributed by atoms with Crippen LogP contribution in [-0.2, 0) is 9.53 Å². The third-order valence-electron chi connectivity index (χ3n) is 3.17. The van der Waals surface area contributed by atoms with Crippen LogP contribution >= 0.6 is 27.5 Å². The molecule has 0 aromatic heterocycles. The molecule has 1 aliphatic rings. The zero-order chi connectivity index (χ0) is 16.4. The number of carbonyl (C=O) groups excluding carboxylic acids is 1. The van der Waals surface area contributed by atoms with Crippen LogP contribution in [0.3, 0.4) is 0 Å². The van der Waals surface area contributed by atoms with Gasteiger partial charge in [0.25, 0.3) is 0 Å². The summed E-state index contributed by atoms with van der Waals surface area (Å²) >= 11 is 9.35. The SMILES string of the molecule is COc1ccc(/C=C2/N=C(c3cccc(Cl)c3)OC2=O)cc1Br. The van der Waals surface area contributed by atoms with Crippen molar-refractivity contribution in [1.29, 1.82) is 0 Å². The Morgan fingerprint density at radius 3 is 2.78 bits per heavy atom. The number of benzene rings is 2. The topological polar surface area (TPSA) is 47.9 Å². The van der Waals surface area contributed by atoms with Gasteiger partial charge in [-0.15, -0.1) is 0 Å². The minimum Gasteiger partial charge on any atom is -0.496 e. The van der Waals surface area contributed by atoms with Gasteiger partial charge >= 0.3 is 5.97 Å². The Balaban J connectivity index is 1.93. The molecule has 6 heteroatoms. The van der Waals surface area contributed by atoms with Gasteiger partial charge in [0.2, 0.25) is 5.90 Å². The first-order valence-electron chi connectivity index (χ1n) is 6.69. The summed E-state index contributed by atoms with van der Waals surface area (Å²) in [6.45, 7) is 0. The molecule has 23 heavy (non-hydrogen) atoms. The van der Waals surface area contributed by atoms with Crippen LogP contribution in [0.4, 0.5) is 0 Å². The Hall–Kier alpha value is -2.11. The monoisotopic (exact) mass is 391 g/mol. The molecule has 4 nitrogen and oxygen atoms in total. The molecule has 0 aliphatic carbocycles. The summed E-state index contributed by atoms with van der Waals surface area (Å²) in [4.78, 5) is 16.2. The van der Waals surface area contributed by atoms with E-state index in [0.29, 0.717) is 16.3 Å². The second-order valence-corrected chi connectivity index (χ2v) is 6.03. The van der Waals surface area contributed by atoms with Crippen LogP contribution in [0, 0.1) is 0 Å². The molecule has 0 radical (unpaired) electrons. The second-order valence-electron chi connectivity index (χ2n) is 4.74. The third-order valence-corrected chi connectivity index (χ3v) is 4.03. The summed E-state index contributed by atoms with van der Waals surface area (Å²) in [5.74, 6) is 0.465. The number of esters is 1. The smallest absolute Gasteiger partial charge is 0.363 e. The molecule has 0 spiro atoms. The highest BCUT2D eigenvalue weighted by Gasteiger charge is 2.24. The quantitative estimate of drug-likeness (QED) is 0.572. The first-order chi connectivity index (χ1) is 11.1. The lowest BCUT2D eigenvalue weighted by Crippen LogP contribution is -2.05. The molecule has 2 aromatic carbocycles. The fourth-order valence-electron chi connectivity index (χ4n) is 2.08. The molecular weight excluding hydrogens is 382 g/mol. The highest BCUT2D eigenvalue weighted by Crippen LogP contribution is 2.27. The minimum absolute atomic E-state index is 0.233. The van der Waals surface area contributed by atoms with Gasteiger partial charge in [-0.25, -0.2) is 9.79 Å². The summed E-state index contributed by atoms with van der Waals surface area (Å²) in [5.41, 5.74) is 1.70. The van der Waals surface area contributed by atoms with Crippen molar-refractivity contribution >= 4 is 45.5 Å². The molecule has 0 N–H and O–H groups in total. The second kappa shape index (κ2) is 6.56. The maximum absolute atomic E-state index is 12.0. The molecule has 0 saturated carbocycles. The van der Waals surface area contributed by atoms with Crippen molar-refractivity contribution in [1.82, 2.24) is 0 Å². The van der Waals surface area contributed by atoms with Crippen molar-refractivity contribution < 1.29 is 14.3 Å². The van der Waals surface area contributed by atoms with Crippen molar-refractivity contribution in [3.63, 3.8) is 0 Å². The van der Waals surface area contributed by atoms with Crippen LogP contribution in [-0.4, -0.2) is 19.0 Å². The van der Waals surface area contributed by atoms with E-state index >= 15 is 0 Å². The molecular formula is C17H11BrClNO3. The zero-order valence-corrected chi connectivity index (χ0v) is 14.4. The van der Waals surface area contributed by atoms with Crippen molar-refractivity contribution in [2.24, 2.45) is 4.99 Å². The van der Waals surface area contributed by atoms with Gasteiger partial charge in [-0.05, 0) is 57.9 Å². The van der Waals surface area contributed by atoms with Crippen LogP contribution in [0.5, 0.6) is 5.75 Å². The number of cyclic esters (lactones) is 1. The lowest BCUT2D eigenvalue weighted by molar-refractivity contribution is -0.129. The van der Waals surface area contributed by atoms with Crippen LogP contribution in [0.15, 0.2) is 57.6 Å². The van der Waals surface area contributed by atoms with Gasteiger partial charge in [0, 0.05) is 10.6 Å². The molecule has 0 saturated heterocycles. The molecule has 0 amide bonds.